The average Bonchev–Trinajstić information content (AvgIpc) is 3.14. The SMILES string of the molecule is Cc1cccc(C)c1N=C1C(C(=O)OC2=C(O)C(=O)c3ccccc3C2=O)=C(O)c2ccccc21. The summed E-state index contributed by atoms with van der Waals surface area (Å²) in [7, 11) is 0. The molecule has 3 aromatic rings. The molecular weight excluding hydrogens is 446 g/mol. The van der Waals surface area contributed by atoms with Crippen LogP contribution in [0.4, 0.5) is 5.69 Å². The van der Waals surface area contributed by atoms with Crippen molar-refractivity contribution in [1.29, 1.82) is 0 Å². The number of aliphatic hydroxyl groups excluding tert-OH is 2. The number of ether oxygens (including phenoxy) is 1. The molecule has 0 bridgehead atoms. The smallest absolute Gasteiger partial charge is 0.349 e. The van der Waals surface area contributed by atoms with E-state index in [9.17, 15) is 24.6 Å². The lowest BCUT2D eigenvalue weighted by atomic mass is 9.92. The third kappa shape index (κ3) is 3.45. The van der Waals surface area contributed by atoms with Crippen LogP contribution in [0.2, 0.25) is 0 Å². The number of nitrogens with zero attached hydrogens (tertiary/aromatic N) is 1. The molecule has 0 aliphatic heterocycles. The number of aliphatic imine (C=N–C) groups is 1. The fraction of sp³-hybridized carbons (Fsp3) is 0.0714. The van der Waals surface area contributed by atoms with Crippen molar-refractivity contribution in [2.45, 2.75) is 13.8 Å². The molecule has 2 N–H and O–H groups in total. The summed E-state index contributed by atoms with van der Waals surface area (Å²) in [6, 6.07) is 18.4. The number of carbonyl (C=O) groups excluding carboxylic acids is 3. The minimum absolute atomic E-state index is 0.00966. The van der Waals surface area contributed by atoms with Crippen molar-refractivity contribution >= 4 is 34.7 Å². The number of allylic oxidation sites excluding steroid dienone is 2. The summed E-state index contributed by atoms with van der Waals surface area (Å²) < 4.78 is 5.28. The Balaban J connectivity index is 1.61. The summed E-state index contributed by atoms with van der Waals surface area (Å²) in [6.45, 7) is 3.75. The highest BCUT2D eigenvalue weighted by Gasteiger charge is 2.39. The predicted octanol–water partition coefficient (Wildman–Crippen LogP) is 5.10. The highest BCUT2D eigenvalue weighted by Crippen LogP contribution is 2.36. The lowest BCUT2D eigenvalue weighted by molar-refractivity contribution is -0.134. The first-order valence-corrected chi connectivity index (χ1v) is 10.8. The van der Waals surface area contributed by atoms with Gasteiger partial charge in [-0.3, -0.25) is 9.59 Å². The Hall–Kier alpha value is -4.78. The summed E-state index contributed by atoms with van der Waals surface area (Å²) in [4.78, 5) is 43.5. The normalized spacial score (nSPS) is 16.0. The zero-order valence-electron chi connectivity index (χ0n) is 18.8. The molecule has 2 aliphatic carbocycles. The molecule has 172 valence electrons. The maximum absolute atomic E-state index is 13.3. The predicted molar refractivity (Wildman–Crippen MR) is 129 cm³/mol. The maximum Gasteiger partial charge on any atom is 0.349 e. The average molecular weight is 465 g/mol. The van der Waals surface area contributed by atoms with Gasteiger partial charge in [0.2, 0.25) is 23.1 Å². The molecule has 0 amide bonds. The molecule has 0 saturated heterocycles. The van der Waals surface area contributed by atoms with Gasteiger partial charge in [0.15, 0.2) is 0 Å². The largest absolute Gasteiger partial charge is 0.506 e. The van der Waals surface area contributed by atoms with E-state index in [0.717, 1.165) is 11.1 Å². The van der Waals surface area contributed by atoms with E-state index in [4.69, 9.17) is 9.73 Å². The third-order valence-corrected chi connectivity index (χ3v) is 6.03. The second kappa shape index (κ2) is 8.22. The zero-order valence-corrected chi connectivity index (χ0v) is 18.8. The van der Waals surface area contributed by atoms with Gasteiger partial charge in [0.25, 0.3) is 0 Å². The number of fused-ring (bicyclic) bond motifs is 2. The Morgan fingerprint density at radius 3 is 1.89 bits per heavy atom. The molecule has 5 rings (SSSR count). The molecule has 0 fully saturated rings. The van der Waals surface area contributed by atoms with Crippen LogP contribution in [0.15, 0.2) is 88.8 Å². The Bertz CT molecular complexity index is 1540. The minimum Gasteiger partial charge on any atom is -0.506 e. The Labute approximate surface area is 200 Å². The number of benzene rings is 3. The zero-order chi connectivity index (χ0) is 24.9. The fourth-order valence-corrected chi connectivity index (χ4v) is 4.26. The van der Waals surface area contributed by atoms with Gasteiger partial charge in [-0.15, -0.1) is 0 Å². The molecule has 7 heteroatoms. The van der Waals surface area contributed by atoms with E-state index in [1.807, 2.05) is 32.0 Å². The summed E-state index contributed by atoms with van der Waals surface area (Å²) in [6.07, 6.45) is 0. The molecule has 7 nitrogen and oxygen atoms in total. The Kier molecular flexibility index (Phi) is 5.17. The second-order valence-corrected chi connectivity index (χ2v) is 8.24. The third-order valence-electron chi connectivity index (χ3n) is 6.03. The quantitative estimate of drug-likeness (QED) is 0.521. The number of aryl methyl sites for hydroxylation is 2. The Morgan fingerprint density at radius 2 is 1.26 bits per heavy atom. The number of hydrogen-bond acceptors (Lipinski definition) is 7. The van der Waals surface area contributed by atoms with E-state index in [-0.39, 0.29) is 28.2 Å². The molecule has 0 atom stereocenters. The number of ketones is 2. The number of Topliss-reactive ketones (excluding diaryl/α,β-unsaturated/α-hetero) is 2. The highest BCUT2D eigenvalue weighted by molar-refractivity contribution is 6.36. The van der Waals surface area contributed by atoms with Crippen molar-refractivity contribution in [3.05, 3.63) is 117 Å². The van der Waals surface area contributed by atoms with Crippen LogP contribution in [0.1, 0.15) is 43.0 Å². The summed E-state index contributed by atoms with van der Waals surface area (Å²) in [5.74, 6) is -4.89. The van der Waals surface area contributed by atoms with Gasteiger partial charge in [0.05, 0.1) is 11.4 Å². The van der Waals surface area contributed by atoms with E-state index in [1.54, 1.807) is 36.4 Å². The van der Waals surface area contributed by atoms with Crippen LogP contribution in [0, 0.1) is 13.8 Å². The van der Waals surface area contributed by atoms with Crippen molar-refractivity contribution < 1.29 is 29.3 Å². The summed E-state index contributed by atoms with van der Waals surface area (Å²) in [5, 5.41) is 21.3. The van der Waals surface area contributed by atoms with Crippen LogP contribution >= 0.6 is 0 Å². The highest BCUT2D eigenvalue weighted by atomic mass is 16.5. The first kappa shape index (κ1) is 22.0. The van der Waals surface area contributed by atoms with E-state index in [2.05, 4.69) is 0 Å². The number of aliphatic hydroxyl groups is 2. The van der Waals surface area contributed by atoms with Crippen LogP contribution in [-0.4, -0.2) is 33.5 Å². The molecule has 0 aromatic heterocycles. The van der Waals surface area contributed by atoms with E-state index in [0.29, 0.717) is 16.8 Å². The number of esters is 1. The van der Waals surface area contributed by atoms with Crippen molar-refractivity contribution in [2.24, 2.45) is 4.99 Å². The Morgan fingerprint density at radius 1 is 0.714 bits per heavy atom. The first-order chi connectivity index (χ1) is 16.8. The first-order valence-electron chi connectivity index (χ1n) is 10.8. The lowest BCUT2D eigenvalue weighted by Crippen LogP contribution is -2.26. The van der Waals surface area contributed by atoms with Gasteiger partial charge in [-0.1, -0.05) is 66.7 Å². The molecule has 3 aromatic carbocycles. The molecule has 0 saturated carbocycles. The van der Waals surface area contributed by atoms with Gasteiger partial charge in [-0.25, -0.2) is 9.79 Å². The molecule has 35 heavy (non-hydrogen) atoms. The molecule has 0 heterocycles. The summed E-state index contributed by atoms with van der Waals surface area (Å²) in [5.41, 5.74) is 3.14. The van der Waals surface area contributed by atoms with Gasteiger partial charge in [-0.05, 0) is 25.0 Å². The molecule has 0 unspecified atom stereocenters. The number of para-hydroxylation sites is 1. The second-order valence-electron chi connectivity index (χ2n) is 8.24. The minimum atomic E-state index is -1.12. The topological polar surface area (TPSA) is 113 Å². The van der Waals surface area contributed by atoms with Crippen molar-refractivity contribution in [3.63, 3.8) is 0 Å². The van der Waals surface area contributed by atoms with Crippen LogP contribution in [0.25, 0.3) is 5.76 Å². The van der Waals surface area contributed by atoms with Gasteiger partial charge in [0, 0.05) is 22.3 Å². The van der Waals surface area contributed by atoms with E-state index >= 15 is 0 Å². The van der Waals surface area contributed by atoms with Crippen molar-refractivity contribution in [2.75, 3.05) is 0 Å². The summed E-state index contributed by atoms with van der Waals surface area (Å²) >= 11 is 0. The van der Waals surface area contributed by atoms with Crippen LogP contribution in [-0.2, 0) is 9.53 Å². The van der Waals surface area contributed by atoms with Gasteiger partial charge < -0.3 is 14.9 Å². The molecule has 2 aliphatic rings. The lowest BCUT2D eigenvalue weighted by Gasteiger charge is -2.17. The molecular formula is C28H19NO6. The molecule has 0 radical (unpaired) electrons. The molecule has 0 spiro atoms. The van der Waals surface area contributed by atoms with E-state index in [1.165, 1.54) is 12.1 Å². The van der Waals surface area contributed by atoms with Gasteiger partial charge in [-0.2, -0.15) is 0 Å². The van der Waals surface area contributed by atoms with Crippen LogP contribution in [0.3, 0.4) is 0 Å². The van der Waals surface area contributed by atoms with Crippen molar-refractivity contribution in [3.8, 4) is 0 Å². The van der Waals surface area contributed by atoms with Gasteiger partial charge >= 0.3 is 5.97 Å². The number of hydrogen-bond donors (Lipinski definition) is 2. The van der Waals surface area contributed by atoms with Crippen LogP contribution < -0.4 is 0 Å². The fourth-order valence-electron chi connectivity index (χ4n) is 4.26. The monoisotopic (exact) mass is 465 g/mol. The number of carbonyl (C=O) groups is 3. The van der Waals surface area contributed by atoms with E-state index < -0.39 is 29.1 Å². The standard InChI is InChI=1S/C28H19NO6/c1-14-8-7-9-15(2)21(14)29-22-16-10-3-4-11-17(16)23(30)20(22)28(34)35-27-25(32)19-13-6-5-12-18(19)24(31)26(27)33/h3-13,30,33H,1-2H3. The van der Waals surface area contributed by atoms with Gasteiger partial charge in [0.1, 0.15) is 11.3 Å². The van der Waals surface area contributed by atoms with Crippen molar-refractivity contribution in [1.82, 2.24) is 0 Å². The maximum atomic E-state index is 13.3. The van der Waals surface area contributed by atoms with Crippen LogP contribution in [0.5, 0.6) is 0 Å². The number of rotatable bonds is 3.